The molecule has 0 aliphatic rings. The molecule has 14 heavy (non-hydrogen) atoms. The van der Waals surface area contributed by atoms with E-state index in [4.69, 9.17) is 0 Å². The van der Waals surface area contributed by atoms with E-state index in [0.717, 1.165) is 14.3 Å². The maximum absolute atomic E-state index is 10.7. The van der Waals surface area contributed by atoms with Crippen molar-refractivity contribution in [3.05, 3.63) is 31.9 Å². The lowest BCUT2D eigenvalue weighted by molar-refractivity contribution is -0.385. The van der Waals surface area contributed by atoms with Crippen molar-refractivity contribution in [1.82, 2.24) is 0 Å². The number of hydrogen-bond donors (Lipinski definition) is 1. The predicted octanol–water partition coefficient (Wildman–Crippen LogP) is 3.70. The zero-order valence-electron chi connectivity index (χ0n) is 6.73. The van der Waals surface area contributed by atoms with E-state index >= 15 is 0 Å². The Morgan fingerprint density at radius 2 is 2.14 bits per heavy atom. The van der Waals surface area contributed by atoms with Crippen LogP contribution in [0.1, 0.15) is 0 Å². The van der Waals surface area contributed by atoms with Gasteiger partial charge in [0.1, 0.15) is 0 Å². The first-order chi connectivity index (χ1) is 6.58. The molecule has 72 valence electrons. The first kappa shape index (κ1) is 10.2. The average Bonchev–Trinajstić information content (AvgIpc) is 2.42. The Kier molecular flexibility index (Phi) is 2.67. The van der Waals surface area contributed by atoms with Crippen LogP contribution in [0.5, 0.6) is 0 Å². The highest BCUT2D eigenvalue weighted by atomic mass is 127. The molecule has 2 aromatic rings. The second kappa shape index (κ2) is 3.67. The standard InChI is InChI=1S/C8H4INO2S2/c9-5-1-4-2-8(13)14-7(4)3-6(5)10(11)12/h1-3,13H. The number of fused-ring (bicyclic) bond motifs is 1. The number of nitro benzene ring substituents is 1. The van der Waals surface area contributed by atoms with Gasteiger partial charge in [-0.2, -0.15) is 0 Å². The fourth-order valence-electron chi connectivity index (χ4n) is 1.17. The summed E-state index contributed by atoms with van der Waals surface area (Å²) in [5, 5.41) is 11.7. The fraction of sp³-hybridized carbons (Fsp3) is 0. The maximum atomic E-state index is 10.7. The molecule has 0 bridgehead atoms. The summed E-state index contributed by atoms with van der Waals surface area (Å²) < 4.78 is 2.43. The summed E-state index contributed by atoms with van der Waals surface area (Å²) in [6, 6.07) is 5.32. The Labute approximate surface area is 103 Å². The lowest BCUT2D eigenvalue weighted by Crippen LogP contribution is -1.90. The van der Waals surface area contributed by atoms with Crippen LogP contribution in [0.25, 0.3) is 10.1 Å². The van der Waals surface area contributed by atoms with Crippen LogP contribution >= 0.6 is 46.6 Å². The molecule has 0 saturated carbocycles. The third-order valence-corrected chi connectivity index (χ3v) is 3.94. The van der Waals surface area contributed by atoms with Crippen LogP contribution in [0.2, 0.25) is 0 Å². The van der Waals surface area contributed by atoms with Gasteiger partial charge >= 0.3 is 0 Å². The van der Waals surface area contributed by atoms with Crippen molar-refractivity contribution in [3.63, 3.8) is 0 Å². The molecule has 3 nitrogen and oxygen atoms in total. The Morgan fingerprint density at radius 3 is 2.79 bits per heavy atom. The van der Waals surface area contributed by atoms with Crippen LogP contribution < -0.4 is 0 Å². The number of thiol groups is 1. The highest BCUT2D eigenvalue weighted by Crippen LogP contribution is 2.33. The maximum Gasteiger partial charge on any atom is 0.284 e. The molecule has 0 aliphatic carbocycles. The van der Waals surface area contributed by atoms with Crippen molar-refractivity contribution >= 4 is 62.3 Å². The van der Waals surface area contributed by atoms with Gasteiger partial charge in [-0.05, 0) is 40.1 Å². The first-order valence-electron chi connectivity index (χ1n) is 3.64. The molecule has 6 heteroatoms. The second-order valence-corrected chi connectivity index (χ2v) is 5.71. The molecule has 0 atom stereocenters. The highest BCUT2D eigenvalue weighted by molar-refractivity contribution is 14.1. The quantitative estimate of drug-likeness (QED) is 0.373. The van der Waals surface area contributed by atoms with Gasteiger partial charge in [0, 0.05) is 10.8 Å². The number of nitrogens with zero attached hydrogens (tertiary/aromatic N) is 1. The minimum absolute atomic E-state index is 0.160. The molecule has 0 radical (unpaired) electrons. The molecule has 0 fully saturated rings. The number of halogens is 1. The SMILES string of the molecule is O=[N+]([O-])c1cc2sc(S)cc2cc1I. The average molecular weight is 337 g/mol. The van der Waals surface area contributed by atoms with Gasteiger partial charge in [0.15, 0.2) is 0 Å². The van der Waals surface area contributed by atoms with Crippen LogP contribution in [0.15, 0.2) is 22.4 Å². The van der Waals surface area contributed by atoms with Crippen molar-refractivity contribution < 1.29 is 4.92 Å². The Hall–Kier alpha value is -0.340. The zero-order valence-corrected chi connectivity index (χ0v) is 10.6. The minimum Gasteiger partial charge on any atom is -0.258 e. The van der Waals surface area contributed by atoms with Crippen LogP contribution in [0.3, 0.4) is 0 Å². The van der Waals surface area contributed by atoms with Gasteiger partial charge in [-0.1, -0.05) is 0 Å². The monoisotopic (exact) mass is 337 g/mol. The van der Waals surface area contributed by atoms with E-state index in [1.165, 1.54) is 11.3 Å². The van der Waals surface area contributed by atoms with E-state index < -0.39 is 0 Å². The summed E-state index contributed by atoms with van der Waals surface area (Å²) in [5.41, 5.74) is 0.160. The van der Waals surface area contributed by atoms with Gasteiger partial charge in [-0.15, -0.1) is 24.0 Å². The van der Waals surface area contributed by atoms with Crippen molar-refractivity contribution in [2.24, 2.45) is 0 Å². The summed E-state index contributed by atoms with van der Waals surface area (Å²) in [7, 11) is 0. The van der Waals surface area contributed by atoms with Crippen LogP contribution in [0, 0.1) is 13.7 Å². The summed E-state index contributed by atoms with van der Waals surface area (Å²) in [6.45, 7) is 0. The number of thiophene rings is 1. The van der Waals surface area contributed by atoms with Crippen molar-refractivity contribution in [2.75, 3.05) is 0 Å². The summed E-state index contributed by atoms with van der Waals surface area (Å²) in [5.74, 6) is 0. The molecule has 1 aromatic heterocycles. The third-order valence-electron chi connectivity index (χ3n) is 1.77. The van der Waals surface area contributed by atoms with E-state index in [-0.39, 0.29) is 10.6 Å². The van der Waals surface area contributed by atoms with Crippen LogP contribution in [0.4, 0.5) is 5.69 Å². The summed E-state index contributed by atoms with van der Waals surface area (Å²) >= 11 is 7.63. The highest BCUT2D eigenvalue weighted by Gasteiger charge is 2.13. The minimum atomic E-state index is -0.362. The van der Waals surface area contributed by atoms with E-state index in [9.17, 15) is 10.1 Å². The molecule has 0 amide bonds. The second-order valence-electron chi connectivity index (χ2n) is 2.68. The number of hydrogen-bond acceptors (Lipinski definition) is 4. The normalized spacial score (nSPS) is 10.7. The van der Waals surface area contributed by atoms with Crippen LogP contribution in [-0.2, 0) is 0 Å². The zero-order chi connectivity index (χ0) is 10.3. The smallest absolute Gasteiger partial charge is 0.258 e. The molecule has 0 spiro atoms. The van der Waals surface area contributed by atoms with Gasteiger partial charge in [0.05, 0.1) is 12.7 Å². The van der Waals surface area contributed by atoms with Crippen molar-refractivity contribution in [2.45, 2.75) is 4.21 Å². The van der Waals surface area contributed by atoms with E-state index in [2.05, 4.69) is 12.6 Å². The third kappa shape index (κ3) is 1.73. The number of benzene rings is 1. The Morgan fingerprint density at radius 1 is 1.43 bits per heavy atom. The van der Waals surface area contributed by atoms with E-state index in [1.807, 2.05) is 34.7 Å². The van der Waals surface area contributed by atoms with Gasteiger partial charge in [0.2, 0.25) is 0 Å². The number of rotatable bonds is 1. The van der Waals surface area contributed by atoms with Gasteiger partial charge in [0.25, 0.3) is 5.69 Å². The fourth-order valence-corrected chi connectivity index (χ4v) is 3.11. The summed E-state index contributed by atoms with van der Waals surface area (Å²) in [6.07, 6.45) is 0. The first-order valence-corrected chi connectivity index (χ1v) is 5.98. The van der Waals surface area contributed by atoms with Gasteiger partial charge < -0.3 is 0 Å². The van der Waals surface area contributed by atoms with Crippen LogP contribution in [-0.4, -0.2) is 4.92 Å². The van der Waals surface area contributed by atoms with Crippen molar-refractivity contribution in [1.29, 1.82) is 0 Å². The molecule has 1 heterocycles. The number of nitro groups is 1. The molecule has 0 aliphatic heterocycles. The molecular weight excluding hydrogens is 333 g/mol. The molecule has 0 unspecified atom stereocenters. The predicted molar refractivity (Wildman–Crippen MR) is 68.4 cm³/mol. The largest absolute Gasteiger partial charge is 0.284 e. The summed E-state index contributed by atoms with van der Waals surface area (Å²) in [4.78, 5) is 10.3. The molecular formula is C8H4INO2S2. The van der Waals surface area contributed by atoms with Crippen molar-refractivity contribution in [3.8, 4) is 0 Å². The van der Waals surface area contributed by atoms with E-state index in [1.54, 1.807) is 6.07 Å². The van der Waals surface area contributed by atoms with E-state index in [0.29, 0.717) is 3.57 Å². The Bertz CT molecular complexity index is 523. The lowest BCUT2D eigenvalue weighted by atomic mass is 10.2. The Balaban J connectivity index is 2.76. The topological polar surface area (TPSA) is 43.1 Å². The molecule has 1 aromatic carbocycles. The molecule has 0 N–H and O–H groups in total. The molecule has 0 saturated heterocycles. The molecule has 2 rings (SSSR count). The van der Waals surface area contributed by atoms with Gasteiger partial charge in [-0.25, -0.2) is 0 Å². The van der Waals surface area contributed by atoms with Gasteiger partial charge in [-0.3, -0.25) is 10.1 Å². The lowest BCUT2D eigenvalue weighted by Gasteiger charge is -1.94.